The zero-order chi connectivity index (χ0) is 14.2. The van der Waals surface area contributed by atoms with Gasteiger partial charge < -0.3 is 5.32 Å². The van der Waals surface area contributed by atoms with E-state index in [1.165, 1.54) is 35.1 Å². The van der Waals surface area contributed by atoms with Crippen molar-refractivity contribution in [2.45, 2.75) is 38.1 Å². The van der Waals surface area contributed by atoms with Crippen molar-refractivity contribution in [1.82, 2.24) is 5.32 Å². The Bertz CT molecular complexity index is 576. The molecule has 2 aromatic rings. The summed E-state index contributed by atoms with van der Waals surface area (Å²) in [7, 11) is 2.09. The topological polar surface area (TPSA) is 12.0 Å². The molecule has 104 valence electrons. The molecule has 0 saturated heterocycles. The largest absolute Gasteiger partial charge is 0.312 e. The Morgan fingerprint density at radius 2 is 1.55 bits per heavy atom. The molecule has 0 bridgehead atoms. The van der Waals surface area contributed by atoms with Gasteiger partial charge in [-0.1, -0.05) is 59.7 Å². The number of hydrogen-bond donors (Lipinski definition) is 1. The van der Waals surface area contributed by atoms with Crippen LogP contribution in [-0.2, 0) is 5.41 Å². The third kappa shape index (κ3) is 2.27. The van der Waals surface area contributed by atoms with Gasteiger partial charge in [-0.25, -0.2) is 0 Å². The van der Waals surface area contributed by atoms with Gasteiger partial charge >= 0.3 is 0 Å². The van der Waals surface area contributed by atoms with Crippen LogP contribution in [0.5, 0.6) is 0 Å². The Labute approximate surface area is 122 Å². The Morgan fingerprint density at radius 1 is 0.950 bits per heavy atom. The Balaban J connectivity index is 2.02. The van der Waals surface area contributed by atoms with E-state index in [9.17, 15) is 0 Å². The molecule has 0 heterocycles. The Hall–Kier alpha value is -1.60. The third-order valence-electron chi connectivity index (χ3n) is 4.56. The number of nitrogens with one attached hydrogen (secondary N) is 1. The zero-order valence-electron chi connectivity index (χ0n) is 12.6. The van der Waals surface area contributed by atoms with Gasteiger partial charge in [-0.3, -0.25) is 0 Å². The first kappa shape index (κ1) is 13.4. The predicted octanol–water partition coefficient (Wildman–Crippen LogP) is 4.30. The molecule has 3 rings (SSSR count). The van der Waals surface area contributed by atoms with Crippen LogP contribution in [0.25, 0.3) is 0 Å². The van der Waals surface area contributed by atoms with E-state index in [0.717, 1.165) is 0 Å². The van der Waals surface area contributed by atoms with Crippen molar-refractivity contribution >= 4 is 0 Å². The highest BCUT2D eigenvalue weighted by Gasteiger charge is 2.50. The second-order valence-corrected chi connectivity index (χ2v) is 6.16. The molecule has 0 aliphatic heterocycles. The molecule has 1 saturated carbocycles. The molecule has 1 aliphatic rings. The van der Waals surface area contributed by atoms with Gasteiger partial charge in [0.05, 0.1) is 0 Å². The van der Waals surface area contributed by atoms with E-state index in [2.05, 4.69) is 74.7 Å². The minimum Gasteiger partial charge on any atom is -0.312 e. The van der Waals surface area contributed by atoms with E-state index in [-0.39, 0.29) is 5.41 Å². The van der Waals surface area contributed by atoms with Crippen LogP contribution in [0.2, 0.25) is 0 Å². The molecule has 0 amide bonds. The number of benzene rings is 2. The van der Waals surface area contributed by atoms with Crippen molar-refractivity contribution in [3.63, 3.8) is 0 Å². The fourth-order valence-electron chi connectivity index (χ4n) is 3.59. The van der Waals surface area contributed by atoms with Crippen LogP contribution < -0.4 is 5.32 Å². The summed E-state index contributed by atoms with van der Waals surface area (Å²) in [6, 6.07) is 18.3. The standard InChI is InChI=1S/C19H23N/c1-14-11-15(2)13-16(12-14)18(20-3)19(9-10-19)17-7-5-4-6-8-17/h4-8,11-13,18,20H,9-10H2,1-3H3. The summed E-state index contributed by atoms with van der Waals surface area (Å²) in [4.78, 5) is 0. The smallest absolute Gasteiger partial charge is 0.0415 e. The lowest BCUT2D eigenvalue weighted by atomic mass is 9.83. The fraction of sp³-hybridized carbons (Fsp3) is 0.368. The second kappa shape index (κ2) is 5.06. The summed E-state index contributed by atoms with van der Waals surface area (Å²) < 4.78 is 0. The molecule has 20 heavy (non-hydrogen) atoms. The van der Waals surface area contributed by atoms with Gasteiger partial charge in [-0.15, -0.1) is 0 Å². The Kier molecular flexibility index (Phi) is 3.39. The van der Waals surface area contributed by atoms with Crippen molar-refractivity contribution in [2.75, 3.05) is 7.05 Å². The Morgan fingerprint density at radius 3 is 2.05 bits per heavy atom. The van der Waals surface area contributed by atoms with E-state index in [1.807, 2.05) is 0 Å². The average Bonchev–Trinajstić information content (AvgIpc) is 3.21. The van der Waals surface area contributed by atoms with Crippen LogP contribution in [0, 0.1) is 13.8 Å². The molecular formula is C19H23N. The summed E-state index contributed by atoms with van der Waals surface area (Å²) in [5.74, 6) is 0. The third-order valence-corrected chi connectivity index (χ3v) is 4.56. The summed E-state index contributed by atoms with van der Waals surface area (Å²) in [6.45, 7) is 4.37. The first-order valence-electron chi connectivity index (χ1n) is 7.47. The summed E-state index contributed by atoms with van der Waals surface area (Å²) in [5, 5.41) is 3.57. The molecule has 0 radical (unpaired) electrons. The lowest BCUT2D eigenvalue weighted by molar-refractivity contribution is 0.463. The van der Waals surface area contributed by atoms with E-state index >= 15 is 0 Å². The first-order chi connectivity index (χ1) is 9.65. The van der Waals surface area contributed by atoms with Crippen molar-refractivity contribution in [2.24, 2.45) is 0 Å². The number of likely N-dealkylation sites (N-methyl/N-ethyl adjacent to an activating group) is 1. The highest BCUT2D eigenvalue weighted by Crippen LogP contribution is 2.56. The minimum atomic E-state index is 0.288. The van der Waals surface area contributed by atoms with Crippen LogP contribution in [0.1, 0.15) is 41.1 Å². The summed E-state index contributed by atoms with van der Waals surface area (Å²) in [5.41, 5.74) is 5.88. The van der Waals surface area contributed by atoms with Crippen molar-refractivity contribution < 1.29 is 0 Å². The molecule has 0 spiro atoms. The maximum absolute atomic E-state index is 3.57. The van der Waals surface area contributed by atoms with Gasteiger partial charge in [0.25, 0.3) is 0 Å². The molecule has 1 heteroatoms. The predicted molar refractivity (Wildman–Crippen MR) is 85.1 cm³/mol. The van der Waals surface area contributed by atoms with E-state index in [0.29, 0.717) is 6.04 Å². The summed E-state index contributed by atoms with van der Waals surface area (Å²) >= 11 is 0. The van der Waals surface area contributed by atoms with Crippen molar-refractivity contribution in [3.8, 4) is 0 Å². The van der Waals surface area contributed by atoms with E-state index in [1.54, 1.807) is 0 Å². The number of aryl methyl sites for hydroxylation is 2. The highest BCUT2D eigenvalue weighted by molar-refractivity contribution is 5.40. The number of rotatable bonds is 4. The van der Waals surface area contributed by atoms with Gasteiger partial charge in [0.1, 0.15) is 0 Å². The molecule has 1 aliphatic carbocycles. The molecule has 2 aromatic carbocycles. The van der Waals surface area contributed by atoms with E-state index < -0.39 is 0 Å². The summed E-state index contributed by atoms with van der Waals surface area (Å²) in [6.07, 6.45) is 2.55. The van der Waals surface area contributed by atoms with Gasteiger partial charge in [0.15, 0.2) is 0 Å². The van der Waals surface area contributed by atoms with Crippen LogP contribution in [0.4, 0.5) is 0 Å². The van der Waals surface area contributed by atoms with Crippen molar-refractivity contribution in [3.05, 3.63) is 70.8 Å². The van der Waals surface area contributed by atoms with Crippen LogP contribution in [-0.4, -0.2) is 7.05 Å². The zero-order valence-corrected chi connectivity index (χ0v) is 12.6. The fourth-order valence-corrected chi connectivity index (χ4v) is 3.59. The molecule has 1 nitrogen and oxygen atoms in total. The van der Waals surface area contributed by atoms with Crippen LogP contribution in [0.3, 0.4) is 0 Å². The molecule has 1 unspecified atom stereocenters. The maximum Gasteiger partial charge on any atom is 0.0415 e. The van der Waals surface area contributed by atoms with Gasteiger partial charge in [-0.2, -0.15) is 0 Å². The lowest BCUT2D eigenvalue weighted by Crippen LogP contribution is -2.29. The lowest BCUT2D eigenvalue weighted by Gasteiger charge is -2.28. The van der Waals surface area contributed by atoms with Crippen LogP contribution >= 0.6 is 0 Å². The van der Waals surface area contributed by atoms with Gasteiger partial charge in [0.2, 0.25) is 0 Å². The van der Waals surface area contributed by atoms with E-state index in [4.69, 9.17) is 0 Å². The quantitative estimate of drug-likeness (QED) is 0.869. The SMILES string of the molecule is CNC(c1cc(C)cc(C)c1)C1(c2ccccc2)CC1. The monoisotopic (exact) mass is 265 g/mol. The molecule has 0 aromatic heterocycles. The molecule has 1 fully saturated rings. The first-order valence-corrected chi connectivity index (χ1v) is 7.47. The second-order valence-electron chi connectivity index (χ2n) is 6.16. The molecule has 1 atom stereocenters. The average molecular weight is 265 g/mol. The van der Waals surface area contributed by atoms with Crippen LogP contribution in [0.15, 0.2) is 48.5 Å². The normalized spacial score (nSPS) is 17.8. The van der Waals surface area contributed by atoms with Crippen molar-refractivity contribution in [1.29, 1.82) is 0 Å². The molecule has 1 N–H and O–H groups in total. The van der Waals surface area contributed by atoms with Gasteiger partial charge in [-0.05, 0) is 44.9 Å². The van der Waals surface area contributed by atoms with Gasteiger partial charge in [0, 0.05) is 11.5 Å². The number of hydrogen-bond acceptors (Lipinski definition) is 1. The maximum atomic E-state index is 3.57. The minimum absolute atomic E-state index is 0.288. The molecular weight excluding hydrogens is 242 g/mol. The highest BCUT2D eigenvalue weighted by atomic mass is 14.9.